The first kappa shape index (κ1) is 20.2. The first-order chi connectivity index (χ1) is 13.6. The number of carbonyl (C=O) groups is 1. The predicted molar refractivity (Wildman–Crippen MR) is 112 cm³/mol. The number of ether oxygens (including phenoxy) is 1. The summed E-state index contributed by atoms with van der Waals surface area (Å²) in [6.07, 6.45) is 1.77. The van der Waals surface area contributed by atoms with Gasteiger partial charge in [-0.25, -0.2) is 0 Å². The second-order valence-electron chi connectivity index (χ2n) is 5.87. The Hall–Kier alpha value is -2.57. The Kier molecular flexibility index (Phi) is 6.90. The van der Waals surface area contributed by atoms with Gasteiger partial charge in [0.25, 0.3) is 0 Å². The van der Waals surface area contributed by atoms with Crippen LogP contribution in [0.2, 0.25) is 5.02 Å². The monoisotopic (exact) mass is 413 g/mol. The number of benzene rings is 2. The van der Waals surface area contributed by atoms with E-state index in [-0.39, 0.29) is 5.97 Å². The summed E-state index contributed by atoms with van der Waals surface area (Å²) in [6.45, 7) is 6.45. The van der Waals surface area contributed by atoms with Gasteiger partial charge in [-0.15, -0.1) is 16.8 Å². The summed E-state index contributed by atoms with van der Waals surface area (Å²) in [6, 6.07) is 16.9. The molecule has 0 fully saturated rings. The number of esters is 1. The van der Waals surface area contributed by atoms with E-state index in [1.807, 2.05) is 59.2 Å². The first-order valence-corrected chi connectivity index (χ1v) is 10.1. The van der Waals surface area contributed by atoms with Gasteiger partial charge in [0.2, 0.25) is 0 Å². The fourth-order valence-electron chi connectivity index (χ4n) is 2.69. The minimum Gasteiger partial charge on any atom is -0.465 e. The average Bonchev–Trinajstić information content (AvgIpc) is 3.10. The molecule has 1 heterocycles. The molecule has 0 bridgehead atoms. The van der Waals surface area contributed by atoms with Crippen molar-refractivity contribution in [2.24, 2.45) is 0 Å². The van der Waals surface area contributed by atoms with E-state index in [0.717, 1.165) is 11.1 Å². The third-order valence-corrected chi connectivity index (χ3v) is 5.42. The van der Waals surface area contributed by atoms with Crippen LogP contribution in [0.25, 0.3) is 11.4 Å². The van der Waals surface area contributed by atoms with E-state index in [2.05, 4.69) is 16.8 Å². The quantitative estimate of drug-likeness (QED) is 0.289. The van der Waals surface area contributed by atoms with E-state index in [0.29, 0.717) is 29.2 Å². The molecular weight excluding hydrogens is 394 g/mol. The van der Waals surface area contributed by atoms with Gasteiger partial charge in [0.05, 0.1) is 6.61 Å². The van der Waals surface area contributed by atoms with Crippen molar-refractivity contribution in [2.75, 3.05) is 6.61 Å². The van der Waals surface area contributed by atoms with Crippen molar-refractivity contribution < 1.29 is 9.53 Å². The maximum absolute atomic E-state index is 12.6. The molecule has 0 aliphatic carbocycles. The Morgan fingerprint density at radius 2 is 1.93 bits per heavy atom. The molecule has 7 heteroatoms. The molecule has 3 rings (SSSR count). The zero-order valence-corrected chi connectivity index (χ0v) is 17.0. The van der Waals surface area contributed by atoms with Crippen LogP contribution < -0.4 is 0 Å². The summed E-state index contributed by atoms with van der Waals surface area (Å²) in [5, 5.41) is 9.40. The SMILES string of the molecule is C=CCn1c(S[C@@H](C(=O)OCC)c2ccccc2)nnc1-c1ccc(Cl)cc1. The van der Waals surface area contributed by atoms with Crippen LogP contribution in [-0.4, -0.2) is 27.3 Å². The standard InChI is InChI=1S/C21H20ClN3O2S/c1-3-14-25-19(16-10-12-17(22)13-11-16)23-24-21(25)28-18(20(26)27-4-2)15-8-6-5-7-9-15/h3,5-13,18H,1,4,14H2,2H3/t18-/m1/s1. The lowest BCUT2D eigenvalue weighted by Crippen LogP contribution is -2.14. The lowest BCUT2D eigenvalue weighted by Gasteiger charge is -2.16. The Bertz CT molecular complexity index is 942. The van der Waals surface area contributed by atoms with Crippen molar-refractivity contribution in [1.82, 2.24) is 14.8 Å². The molecule has 0 spiro atoms. The molecule has 0 aliphatic rings. The molecule has 0 radical (unpaired) electrons. The molecule has 5 nitrogen and oxygen atoms in total. The smallest absolute Gasteiger partial charge is 0.324 e. The number of thioether (sulfide) groups is 1. The summed E-state index contributed by atoms with van der Waals surface area (Å²) in [7, 11) is 0. The summed E-state index contributed by atoms with van der Waals surface area (Å²) < 4.78 is 7.21. The van der Waals surface area contributed by atoms with Gasteiger partial charge in [-0.1, -0.05) is 59.8 Å². The van der Waals surface area contributed by atoms with Crippen LogP contribution in [0.5, 0.6) is 0 Å². The number of halogens is 1. The molecule has 0 unspecified atom stereocenters. The Morgan fingerprint density at radius 3 is 2.57 bits per heavy atom. The van der Waals surface area contributed by atoms with Crippen molar-refractivity contribution in [3.05, 3.63) is 77.8 Å². The lowest BCUT2D eigenvalue weighted by atomic mass is 10.1. The van der Waals surface area contributed by atoms with Crippen LogP contribution in [-0.2, 0) is 16.1 Å². The Morgan fingerprint density at radius 1 is 1.21 bits per heavy atom. The number of rotatable bonds is 8. The summed E-state index contributed by atoms with van der Waals surface area (Å²) >= 11 is 7.31. The van der Waals surface area contributed by atoms with E-state index in [1.54, 1.807) is 13.0 Å². The van der Waals surface area contributed by atoms with Crippen molar-refractivity contribution in [3.63, 3.8) is 0 Å². The molecule has 1 atom stereocenters. The van der Waals surface area contributed by atoms with Crippen molar-refractivity contribution in [2.45, 2.75) is 23.9 Å². The number of aromatic nitrogens is 3. The van der Waals surface area contributed by atoms with Gasteiger partial charge in [0.1, 0.15) is 5.25 Å². The number of nitrogens with zero attached hydrogens (tertiary/aromatic N) is 3. The maximum Gasteiger partial charge on any atom is 0.324 e. The highest BCUT2D eigenvalue weighted by Gasteiger charge is 2.26. The normalized spacial score (nSPS) is 11.8. The molecule has 2 aromatic carbocycles. The fourth-order valence-corrected chi connectivity index (χ4v) is 3.86. The van der Waals surface area contributed by atoms with Crippen LogP contribution in [0.4, 0.5) is 0 Å². The van der Waals surface area contributed by atoms with E-state index in [9.17, 15) is 4.79 Å². The van der Waals surface area contributed by atoms with Crippen LogP contribution in [0, 0.1) is 0 Å². The summed E-state index contributed by atoms with van der Waals surface area (Å²) in [4.78, 5) is 12.6. The highest BCUT2D eigenvalue weighted by molar-refractivity contribution is 8.00. The number of hydrogen-bond acceptors (Lipinski definition) is 5. The molecule has 0 aliphatic heterocycles. The molecule has 0 N–H and O–H groups in total. The molecule has 0 saturated heterocycles. The highest BCUT2D eigenvalue weighted by Crippen LogP contribution is 2.37. The first-order valence-electron chi connectivity index (χ1n) is 8.82. The van der Waals surface area contributed by atoms with E-state index < -0.39 is 5.25 Å². The third-order valence-electron chi connectivity index (χ3n) is 3.96. The van der Waals surface area contributed by atoms with Crippen molar-refractivity contribution in [3.8, 4) is 11.4 Å². The van der Waals surface area contributed by atoms with Crippen LogP contribution in [0.1, 0.15) is 17.7 Å². The van der Waals surface area contributed by atoms with Gasteiger partial charge in [0, 0.05) is 17.1 Å². The molecule has 0 amide bonds. The minimum atomic E-state index is -0.535. The van der Waals surface area contributed by atoms with Gasteiger partial charge < -0.3 is 4.74 Å². The minimum absolute atomic E-state index is 0.306. The van der Waals surface area contributed by atoms with Crippen LogP contribution >= 0.6 is 23.4 Å². The second kappa shape index (κ2) is 9.57. The highest BCUT2D eigenvalue weighted by atomic mass is 35.5. The third kappa shape index (κ3) is 4.64. The number of hydrogen-bond donors (Lipinski definition) is 0. The number of allylic oxidation sites excluding steroid dienone is 1. The zero-order chi connectivity index (χ0) is 19.9. The van der Waals surface area contributed by atoms with E-state index >= 15 is 0 Å². The largest absolute Gasteiger partial charge is 0.465 e. The predicted octanol–water partition coefficient (Wildman–Crippen LogP) is 5.18. The number of carbonyl (C=O) groups excluding carboxylic acids is 1. The Labute approximate surface area is 173 Å². The van der Waals surface area contributed by atoms with Crippen LogP contribution in [0.3, 0.4) is 0 Å². The molecular formula is C21H20ClN3O2S. The molecule has 144 valence electrons. The maximum atomic E-state index is 12.6. The molecule has 3 aromatic rings. The second-order valence-corrected chi connectivity index (χ2v) is 7.38. The van der Waals surface area contributed by atoms with E-state index in [1.165, 1.54) is 11.8 Å². The van der Waals surface area contributed by atoms with Crippen LogP contribution in [0.15, 0.2) is 72.4 Å². The van der Waals surface area contributed by atoms with Gasteiger partial charge in [-0.3, -0.25) is 9.36 Å². The lowest BCUT2D eigenvalue weighted by molar-refractivity contribution is -0.142. The summed E-state index contributed by atoms with van der Waals surface area (Å²) in [5.74, 6) is 0.384. The zero-order valence-electron chi connectivity index (χ0n) is 15.4. The van der Waals surface area contributed by atoms with Gasteiger partial charge in [-0.2, -0.15) is 0 Å². The fraction of sp³-hybridized carbons (Fsp3) is 0.190. The van der Waals surface area contributed by atoms with Gasteiger partial charge in [0.15, 0.2) is 11.0 Å². The average molecular weight is 414 g/mol. The van der Waals surface area contributed by atoms with Gasteiger partial charge >= 0.3 is 5.97 Å². The Balaban J connectivity index is 1.98. The molecule has 28 heavy (non-hydrogen) atoms. The van der Waals surface area contributed by atoms with Gasteiger partial charge in [-0.05, 0) is 36.8 Å². The summed E-state index contributed by atoms with van der Waals surface area (Å²) in [5.41, 5.74) is 1.74. The molecule has 1 aromatic heterocycles. The molecule has 0 saturated carbocycles. The van der Waals surface area contributed by atoms with E-state index in [4.69, 9.17) is 16.3 Å². The van der Waals surface area contributed by atoms with Crippen molar-refractivity contribution >= 4 is 29.3 Å². The van der Waals surface area contributed by atoms with Crippen molar-refractivity contribution in [1.29, 1.82) is 0 Å². The topological polar surface area (TPSA) is 57.0 Å².